The van der Waals surface area contributed by atoms with Crippen molar-refractivity contribution in [3.63, 3.8) is 0 Å². The van der Waals surface area contributed by atoms with Gasteiger partial charge in [0, 0.05) is 6.04 Å². The first-order chi connectivity index (χ1) is 4.61. The highest BCUT2D eigenvalue weighted by atomic mass is 16.3. The van der Waals surface area contributed by atoms with Crippen molar-refractivity contribution in [2.75, 3.05) is 0 Å². The van der Waals surface area contributed by atoms with Gasteiger partial charge < -0.3 is 10.8 Å². The summed E-state index contributed by atoms with van der Waals surface area (Å²) < 4.78 is 0. The monoisotopic (exact) mass is 143 g/mol. The fraction of sp³-hybridized carbons (Fsp3) is 1.00. The molecule has 1 fully saturated rings. The Morgan fingerprint density at radius 2 is 1.90 bits per heavy atom. The molecule has 0 radical (unpaired) electrons. The first kappa shape index (κ1) is 8.02. The smallest absolute Gasteiger partial charge is 0.0716 e. The predicted octanol–water partition coefficient (Wildman–Crippen LogP) is 0.741. The highest BCUT2D eigenvalue weighted by Crippen LogP contribution is 2.27. The van der Waals surface area contributed by atoms with Crippen LogP contribution in [0.1, 0.15) is 26.7 Å². The van der Waals surface area contributed by atoms with Crippen molar-refractivity contribution in [3.05, 3.63) is 0 Å². The molecular formula is C8H17NO. The van der Waals surface area contributed by atoms with Crippen molar-refractivity contribution >= 4 is 0 Å². The maximum Gasteiger partial charge on any atom is 0.0716 e. The minimum absolute atomic E-state index is 0.0127. The van der Waals surface area contributed by atoms with Crippen molar-refractivity contribution in [1.82, 2.24) is 0 Å². The van der Waals surface area contributed by atoms with Crippen molar-refractivity contribution < 1.29 is 5.11 Å². The van der Waals surface area contributed by atoms with Gasteiger partial charge >= 0.3 is 0 Å². The lowest BCUT2D eigenvalue weighted by Gasteiger charge is -2.34. The van der Waals surface area contributed by atoms with Crippen LogP contribution >= 0.6 is 0 Å². The third-order valence-electron chi connectivity index (χ3n) is 2.47. The average Bonchev–Trinajstić information content (AvgIpc) is 1.82. The molecule has 2 heteroatoms. The van der Waals surface area contributed by atoms with E-state index in [-0.39, 0.29) is 12.1 Å². The molecule has 1 saturated carbocycles. The van der Waals surface area contributed by atoms with E-state index in [9.17, 15) is 5.11 Å². The molecule has 0 amide bonds. The molecule has 0 aromatic heterocycles. The maximum absolute atomic E-state index is 9.44. The molecule has 1 rings (SSSR count). The number of hydrogen-bond acceptors (Lipinski definition) is 2. The van der Waals surface area contributed by atoms with E-state index in [0.717, 1.165) is 12.8 Å². The highest BCUT2D eigenvalue weighted by Gasteiger charge is 2.29. The number of rotatable bonds is 0. The van der Waals surface area contributed by atoms with Crippen LogP contribution in [0.3, 0.4) is 0 Å². The van der Waals surface area contributed by atoms with E-state index >= 15 is 0 Å². The molecule has 0 spiro atoms. The molecule has 0 heterocycles. The lowest BCUT2D eigenvalue weighted by atomic mass is 9.79. The van der Waals surface area contributed by atoms with E-state index in [0.29, 0.717) is 11.8 Å². The second kappa shape index (κ2) is 2.89. The maximum atomic E-state index is 9.44. The van der Waals surface area contributed by atoms with Gasteiger partial charge in [0.25, 0.3) is 0 Å². The van der Waals surface area contributed by atoms with Crippen LogP contribution in [-0.2, 0) is 0 Å². The molecule has 1 aliphatic rings. The Balaban J connectivity index is 2.49. The van der Waals surface area contributed by atoms with Crippen LogP contribution < -0.4 is 5.73 Å². The highest BCUT2D eigenvalue weighted by molar-refractivity contribution is 4.84. The van der Waals surface area contributed by atoms with Gasteiger partial charge in [0.15, 0.2) is 0 Å². The summed E-state index contributed by atoms with van der Waals surface area (Å²) in [5.41, 5.74) is 5.71. The van der Waals surface area contributed by atoms with Gasteiger partial charge in [-0.05, 0) is 24.7 Å². The molecule has 0 aliphatic heterocycles. The summed E-state index contributed by atoms with van der Waals surface area (Å²) in [5, 5.41) is 9.44. The molecule has 2 unspecified atom stereocenters. The molecule has 3 N–H and O–H groups in total. The van der Waals surface area contributed by atoms with Crippen molar-refractivity contribution in [2.45, 2.75) is 38.8 Å². The van der Waals surface area contributed by atoms with Gasteiger partial charge in [-0.3, -0.25) is 0 Å². The molecule has 10 heavy (non-hydrogen) atoms. The molecule has 0 aromatic rings. The van der Waals surface area contributed by atoms with Crippen LogP contribution in [0.25, 0.3) is 0 Å². The minimum Gasteiger partial charge on any atom is -0.391 e. The van der Waals surface area contributed by atoms with Crippen LogP contribution in [0.5, 0.6) is 0 Å². The summed E-state index contributed by atoms with van der Waals surface area (Å²) in [6, 6.07) is 0.0127. The number of aliphatic hydroxyl groups excluding tert-OH is 1. The van der Waals surface area contributed by atoms with Crippen LogP contribution in [0, 0.1) is 11.8 Å². The van der Waals surface area contributed by atoms with E-state index < -0.39 is 0 Å². The van der Waals surface area contributed by atoms with Gasteiger partial charge in [-0.2, -0.15) is 0 Å². The molecule has 0 aromatic carbocycles. The normalized spacial score (nSPS) is 49.2. The number of hydrogen-bond donors (Lipinski definition) is 2. The molecule has 2 nitrogen and oxygen atoms in total. The predicted molar refractivity (Wildman–Crippen MR) is 41.5 cm³/mol. The molecule has 60 valence electrons. The lowest BCUT2D eigenvalue weighted by molar-refractivity contribution is 0.0420. The van der Waals surface area contributed by atoms with E-state index in [1.807, 2.05) is 0 Å². The summed E-state index contributed by atoms with van der Waals surface area (Å²) in [7, 11) is 0. The second-order valence-electron chi connectivity index (χ2n) is 3.71. The Labute approximate surface area is 62.4 Å². The molecule has 4 atom stereocenters. The Morgan fingerprint density at radius 3 is 2.40 bits per heavy atom. The van der Waals surface area contributed by atoms with Gasteiger partial charge in [-0.25, -0.2) is 0 Å². The first-order valence-electron chi connectivity index (χ1n) is 4.05. The van der Waals surface area contributed by atoms with Gasteiger partial charge in [0.2, 0.25) is 0 Å². The fourth-order valence-electron chi connectivity index (χ4n) is 1.90. The van der Waals surface area contributed by atoms with Crippen LogP contribution in [0.2, 0.25) is 0 Å². The van der Waals surface area contributed by atoms with Gasteiger partial charge in [-0.1, -0.05) is 13.8 Å². The molecular weight excluding hydrogens is 126 g/mol. The zero-order valence-corrected chi connectivity index (χ0v) is 6.75. The lowest BCUT2D eigenvalue weighted by Crippen LogP contribution is -2.44. The standard InChI is InChI=1S/C8H17NO/c1-5-3-6(2)8(10)7(9)4-5/h5-8,10H,3-4,9H2,1-2H3/t5-,6?,7?,8+/m0/s1. The summed E-state index contributed by atoms with van der Waals surface area (Å²) in [6.45, 7) is 4.27. The first-order valence-corrected chi connectivity index (χ1v) is 4.05. The Morgan fingerprint density at radius 1 is 1.30 bits per heavy atom. The molecule has 0 saturated heterocycles. The van der Waals surface area contributed by atoms with Crippen LogP contribution in [-0.4, -0.2) is 17.3 Å². The number of aliphatic hydroxyl groups is 1. The minimum atomic E-state index is -0.267. The summed E-state index contributed by atoms with van der Waals surface area (Å²) in [6.07, 6.45) is 1.83. The largest absolute Gasteiger partial charge is 0.391 e. The Hall–Kier alpha value is -0.0800. The molecule has 0 bridgehead atoms. The summed E-state index contributed by atoms with van der Waals surface area (Å²) in [5.74, 6) is 1.08. The van der Waals surface area contributed by atoms with Crippen molar-refractivity contribution in [3.8, 4) is 0 Å². The number of nitrogens with two attached hydrogens (primary N) is 1. The van der Waals surface area contributed by atoms with E-state index in [1.165, 1.54) is 0 Å². The van der Waals surface area contributed by atoms with E-state index in [4.69, 9.17) is 5.73 Å². The van der Waals surface area contributed by atoms with Crippen LogP contribution in [0.4, 0.5) is 0 Å². The van der Waals surface area contributed by atoms with Gasteiger partial charge in [0.05, 0.1) is 6.10 Å². The fourth-order valence-corrected chi connectivity index (χ4v) is 1.90. The zero-order valence-electron chi connectivity index (χ0n) is 6.75. The Kier molecular flexibility index (Phi) is 2.32. The summed E-state index contributed by atoms with van der Waals surface area (Å²) in [4.78, 5) is 0. The Bertz CT molecular complexity index is 104. The summed E-state index contributed by atoms with van der Waals surface area (Å²) >= 11 is 0. The average molecular weight is 143 g/mol. The van der Waals surface area contributed by atoms with Crippen molar-refractivity contribution in [2.24, 2.45) is 17.6 Å². The van der Waals surface area contributed by atoms with Gasteiger partial charge in [0.1, 0.15) is 0 Å². The van der Waals surface area contributed by atoms with E-state index in [1.54, 1.807) is 0 Å². The zero-order chi connectivity index (χ0) is 7.72. The van der Waals surface area contributed by atoms with Gasteiger partial charge in [-0.15, -0.1) is 0 Å². The topological polar surface area (TPSA) is 46.2 Å². The molecule has 1 aliphatic carbocycles. The van der Waals surface area contributed by atoms with Crippen molar-refractivity contribution in [1.29, 1.82) is 0 Å². The third kappa shape index (κ3) is 1.50. The van der Waals surface area contributed by atoms with E-state index in [2.05, 4.69) is 13.8 Å². The van der Waals surface area contributed by atoms with Crippen LogP contribution in [0.15, 0.2) is 0 Å². The quantitative estimate of drug-likeness (QED) is 0.525. The SMILES string of the molecule is CC1C[C@H](C)CC(N)[C@@H]1O. The second-order valence-corrected chi connectivity index (χ2v) is 3.71. The third-order valence-corrected chi connectivity index (χ3v) is 2.47.